The Hall–Kier alpha value is -2.87. The molecule has 1 heterocycles. The van der Waals surface area contributed by atoms with E-state index in [0.29, 0.717) is 11.5 Å². The van der Waals surface area contributed by atoms with Crippen LogP contribution in [0.15, 0.2) is 47.3 Å². The highest BCUT2D eigenvalue weighted by Crippen LogP contribution is 2.36. The van der Waals surface area contributed by atoms with Crippen LogP contribution in [-0.2, 0) is 6.18 Å². The Labute approximate surface area is 148 Å². The van der Waals surface area contributed by atoms with E-state index in [1.165, 1.54) is 18.2 Å². The Morgan fingerprint density at radius 2 is 1.81 bits per heavy atom. The number of hydrogen-bond acceptors (Lipinski definition) is 2. The number of hydrogen-bond donors (Lipinski definition) is 2. The fourth-order valence-corrected chi connectivity index (χ4v) is 2.59. The number of halogens is 5. The van der Waals surface area contributed by atoms with Crippen LogP contribution in [0.4, 0.5) is 23.2 Å². The number of amides is 1. The SMILES string of the molecule is O=C(Nc1ccc(Cl)c(C(F)(F)F)c1)c1cc2ccc(F)cc2[nH]c1=O. The summed E-state index contributed by atoms with van der Waals surface area (Å²) in [5.74, 6) is -1.47. The molecule has 1 amide bonds. The molecule has 4 nitrogen and oxygen atoms in total. The molecule has 0 unspecified atom stereocenters. The molecule has 2 aromatic carbocycles. The highest BCUT2D eigenvalue weighted by atomic mass is 35.5. The number of carbonyl (C=O) groups is 1. The Balaban J connectivity index is 1.96. The molecule has 0 saturated carbocycles. The molecule has 0 bridgehead atoms. The van der Waals surface area contributed by atoms with Crippen LogP contribution < -0.4 is 10.9 Å². The number of H-pyrrole nitrogens is 1. The molecule has 26 heavy (non-hydrogen) atoms. The highest BCUT2D eigenvalue weighted by Gasteiger charge is 2.33. The minimum atomic E-state index is -4.69. The maximum atomic E-state index is 13.2. The van der Waals surface area contributed by atoms with Crippen molar-refractivity contribution in [3.05, 3.63) is 74.8 Å². The first-order chi connectivity index (χ1) is 12.1. The molecule has 0 aliphatic heterocycles. The summed E-state index contributed by atoms with van der Waals surface area (Å²) in [4.78, 5) is 26.6. The van der Waals surface area contributed by atoms with E-state index >= 15 is 0 Å². The van der Waals surface area contributed by atoms with E-state index in [9.17, 15) is 27.2 Å². The minimum absolute atomic E-state index is 0.176. The number of nitrogens with one attached hydrogen (secondary N) is 2. The molecule has 9 heteroatoms. The van der Waals surface area contributed by atoms with Gasteiger partial charge in [-0.3, -0.25) is 9.59 Å². The van der Waals surface area contributed by atoms with Crippen LogP contribution in [0.25, 0.3) is 10.9 Å². The number of rotatable bonds is 2. The van der Waals surface area contributed by atoms with Gasteiger partial charge in [0.2, 0.25) is 0 Å². The number of alkyl halides is 3. The van der Waals surface area contributed by atoms with Crippen molar-refractivity contribution in [2.24, 2.45) is 0 Å². The lowest BCUT2D eigenvalue weighted by Gasteiger charge is -2.12. The fraction of sp³-hybridized carbons (Fsp3) is 0.0588. The van der Waals surface area contributed by atoms with Gasteiger partial charge < -0.3 is 10.3 Å². The standard InChI is InChI=1S/C17H9ClF4N2O2/c18-13-4-3-10(7-12(13)17(20,21)22)23-15(25)11-5-8-1-2-9(19)6-14(8)24-16(11)26/h1-7H,(H,23,25)(H,24,26). The number of aromatic nitrogens is 1. The molecular formula is C17H9ClF4N2O2. The van der Waals surface area contributed by atoms with Crippen LogP contribution >= 0.6 is 11.6 Å². The zero-order valence-electron chi connectivity index (χ0n) is 12.7. The highest BCUT2D eigenvalue weighted by molar-refractivity contribution is 6.31. The van der Waals surface area contributed by atoms with Gasteiger partial charge in [-0.2, -0.15) is 13.2 Å². The van der Waals surface area contributed by atoms with Gasteiger partial charge in [-0.15, -0.1) is 0 Å². The molecule has 0 aliphatic rings. The first-order valence-electron chi connectivity index (χ1n) is 7.16. The molecule has 0 aliphatic carbocycles. The number of pyridine rings is 1. The largest absolute Gasteiger partial charge is 0.417 e. The van der Waals surface area contributed by atoms with Crippen LogP contribution in [0.5, 0.6) is 0 Å². The maximum absolute atomic E-state index is 13.2. The molecular weight excluding hydrogens is 376 g/mol. The second-order valence-electron chi connectivity index (χ2n) is 5.39. The van der Waals surface area contributed by atoms with Crippen molar-refractivity contribution < 1.29 is 22.4 Å². The normalized spacial score (nSPS) is 11.6. The predicted octanol–water partition coefficient (Wildman–Crippen LogP) is 4.59. The smallest absolute Gasteiger partial charge is 0.322 e. The van der Waals surface area contributed by atoms with Gasteiger partial charge in [-0.1, -0.05) is 11.6 Å². The quantitative estimate of drug-likeness (QED) is 0.635. The summed E-state index contributed by atoms with van der Waals surface area (Å²) in [6.45, 7) is 0. The summed E-state index contributed by atoms with van der Waals surface area (Å²) in [6.07, 6.45) is -4.69. The molecule has 3 aromatic rings. The van der Waals surface area contributed by atoms with Crippen molar-refractivity contribution in [3.8, 4) is 0 Å². The summed E-state index contributed by atoms with van der Waals surface area (Å²) in [5.41, 5.74) is -2.22. The molecule has 0 radical (unpaired) electrons. The number of aromatic amines is 1. The van der Waals surface area contributed by atoms with Crippen molar-refractivity contribution >= 4 is 34.1 Å². The third-order valence-corrected chi connectivity index (χ3v) is 3.91. The maximum Gasteiger partial charge on any atom is 0.417 e. The lowest BCUT2D eigenvalue weighted by molar-refractivity contribution is -0.137. The van der Waals surface area contributed by atoms with E-state index in [2.05, 4.69) is 10.3 Å². The lowest BCUT2D eigenvalue weighted by atomic mass is 10.1. The van der Waals surface area contributed by atoms with Gasteiger partial charge >= 0.3 is 6.18 Å². The minimum Gasteiger partial charge on any atom is -0.322 e. The topological polar surface area (TPSA) is 62.0 Å². The van der Waals surface area contributed by atoms with E-state index in [1.807, 2.05) is 0 Å². The Bertz CT molecular complexity index is 1080. The summed E-state index contributed by atoms with van der Waals surface area (Å²) < 4.78 is 51.8. The Morgan fingerprint density at radius 1 is 1.08 bits per heavy atom. The van der Waals surface area contributed by atoms with Gasteiger partial charge in [0.1, 0.15) is 11.4 Å². The Kier molecular flexibility index (Phi) is 4.45. The van der Waals surface area contributed by atoms with Crippen LogP contribution in [0.2, 0.25) is 5.02 Å². The molecule has 3 rings (SSSR count). The summed E-state index contributed by atoms with van der Waals surface area (Å²) in [7, 11) is 0. The summed E-state index contributed by atoms with van der Waals surface area (Å²) >= 11 is 5.52. The van der Waals surface area contributed by atoms with Gasteiger partial charge in [0.25, 0.3) is 11.5 Å². The van der Waals surface area contributed by atoms with Crippen molar-refractivity contribution in [2.75, 3.05) is 5.32 Å². The van der Waals surface area contributed by atoms with Crippen LogP contribution in [-0.4, -0.2) is 10.9 Å². The van der Waals surface area contributed by atoms with E-state index < -0.39 is 34.0 Å². The Morgan fingerprint density at radius 3 is 2.50 bits per heavy atom. The third kappa shape index (κ3) is 3.55. The van der Waals surface area contributed by atoms with Crippen molar-refractivity contribution in [1.29, 1.82) is 0 Å². The van der Waals surface area contributed by atoms with Crippen LogP contribution in [0, 0.1) is 5.82 Å². The second-order valence-corrected chi connectivity index (χ2v) is 5.80. The molecule has 134 valence electrons. The number of fused-ring (bicyclic) bond motifs is 1. The van der Waals surface area contributed by atoms with Gasteiger partial charge in [0.05, 0.1) is 16.1 Å². The molecule has 0 saturated heterocycles. The first kappa shape index (κ1) is 17.9. The van der Waals surface area contributed by atoms with E-state index in [1.54, 1.807) is 0 Å². The van der Waals surface area contributed by atoms with Gasteiger partial charge in [-0.05, 0) is 47.9 Å². The molecule has 2 N–H and O–H groups in total. The van der Waals surface area contributed by atoms with Crippen LogP contribution in [0.3, 0.4) is 0 Å². The number of carbonyl (C=O) groups excluding carboxylic acids is 1. The van der Waals surface area contributed by atoms with Crippen molar-refractivity contribution in [1.82, 2.24) is 4.98 Å². The van der Waals surface area contributed by atoms with E-state index in [-0.39, 0.29) is 16.8 Å². The van der Waals surface area contributed by atoms with E-state index in [0.717, 1.165) is 18.2 Å². The second kappa shape index (κ2) is 6.45. The van der Waals surface area contributed by atoms with Crippen molar-refractivity contribution in [3.63, 3.8) is 0 Å². The third-order valence-electron chi connectivity index (χ3n) is 3.58. The van der Waals surface area contributed by atoms with Gasteiger partial charge in [-0.25, -0.2) is 4.39 Å². The van der Waals surface area contributed by atoms with Gasteiger partial charge in [0.15, 0.2) is 0 Å². The zero-order chi connectivity index (χ0) is 19.1. The fourth-order valence-electron chi connectivity index (χ4n) is 2.36. The monoisotopic (exact) mass is 384 g/mol. The summed E-state index contributed by atoms with van der Waals surface area (Å²) in [6, 6.07) is 7.67. The molecule has 0 fully saturated rings. The number of anilines is 1. The van der Waals surface area contributed by atoms with E-state index in [4.69, 9.17) is 11.6 Å². The summed E-state index contributed by atoms with van der Waals surface area (Å²) in [5, 5.41) is 2.10. The first-order valence-corrected chi connectivity index (χ1v) is 7.53. The molecule has 1 aromatic heterocycles. The van der Waals surface area contributed by atoms with Crippen LogP contribution in [0.1, 0.15) is 15.9 Å². The number of benzene rings is 2. The average Bonchev–Trinajstić information content (AvgIpc) is 2.54. The predicted molar refractivity (Wildman–Crippen MR) is 88.9 cm³/mol. The zero-order valence-corrected chi connectivity index (χ0v) is 13.5. The molecule has 0 spiro atoms. The van der Waals surface area contributed by atoms with Gasteiger partial charge in [0, 0.05) is 5.69 Å². The molecule has 0 atom stereocenters. The van der Waals surface area contributed by atoms with Crippen molar-refractivity contribution in [2.45, 2.75) is 6.18 Å². The lowest BCUT2D eigenvalue weighted by Crippen LogP contribution is -2.23. The average molecular weight is 385 g/mol.